The largest absolute Gasteiger partial charge is 0.507 e. The fourth-order valence-electron chi connectivity index (χ4n) is 3.83. The van der Waals surface area contributed by atoms with Crippen molar-refractivity contribution >= 4 is 16.7 Å². The predicted octanol–water partition coefficient (Wildman–Crippen LogP) is 5.21. The van der Waals surface area contributed by atoms with Gasteiger partial charge in [-0.05, 0) is 50.6 Å². The van der Waals surface area contributed by atoms with Gasteiger partial charge in [-0.25, -0.2) is 4.79 Å². The van der Waals surface area contributed by atoms with E-state index >= 15 is 0 Å². The Morgan fingerprint density at radius 1 is 0.765 bits per heavy atom. The maximum atomic E-state index is 13.3. The molecule has 3 aromatic rings. The zero-order valence-corrected chi connectivity index (χ0v) is 20.7. The summed E-state index contributed by atoms with van der Waals surface area (Å²) in [4.78, 5) is 13.3. The van der Waals surface area contributed by atoms with Gasteiger partial charge in [0.2, 0.25) is 5.75 Å². The number of phenolic OH excluding ortho intramolecular Hbond substituents is 1. The second-order valence-electron chi connectivity index (χ2n) is 8.46. The molecule has 0 aromatic heterocycles. The molecule has 0 saturated carbocycles. The highest BCUT2D eigenvalue weighted by Gasteiger charge is 2.28. The van der Waals surface area contributed by atoms with E-state index in [1.165, 1.54) is 34.5 Å². The minimum absolute atomic E-state index is 0.168. The molecule has 0 heterocycles. The lowest BCUT2D eigenvalue weighted by Crippen LogP contribution is -2.24. The summed E-state index contributed by atoms with van der Waals surface area (Å²) in [5.41, 5.74) is 0.563. The zero-order chi connectivity index (χ0) is 25.2. The van der Waals surface area contributed by atoms with Gasteiger partial charge >= 0.3 is 5.97 Å². The summed E-state index contributed by atoms with van der Waals surface area (Å²) in [5.74, 6) is 1.20. The molecule has 0 saturated heterocycles. The molecular weight excluding hydrogens is 440 g/mol. The van der Waals surface area contributed by atoms with E-state index in [4.69, 9.17) is 28.4 Å². The Labute approximate surface area is 198 Å². The molecule has 3 aromatic carbocycles. The molecule has 0 atom stereocenters. The van der Waals surface area contributed by atoms with Gasteiger partial charge in [0, 0.05) is 10.9 Å². The Kier molecular flexibility index (Phi) is 7.00. The van der Waals surface area contributed by atoms with Gasteiger partial charge in [0.25, 0.3) is 0 Å². The molecule has 0 spiro atoms. The highest BCUT2D eigenvalue weighted by atomic mass is 16.6. The van der Waals surface area contributed by atoms with Crippen LogP contribution in [0.3, 0.4) is 0 Å². The van der Waals surface area contributed by atoms with Gasteiger partial charge in [0.15, 0.2) is 23.0 Å². The number of hydrogen-bond donors (Lipinski definition) is 1. The molecule has 0 fully saturated rings. The van der Waals surface area contributed by atoms with Crippen molar-refractivity contribution < 1.29 is 38.3 Å². The number of rotatable bonds is 7. The number of fused-ring (bicyclic) bond motifs is 1. The number of carbonyl (C=O) groups excluding carboxylic acids is 1. The van der Waals surface area contributed by atoms with Crippen LogP contribution in [0.25, 0.3) is 21.9 Å². The molecule has 0 bridgehead atoms. The van der Waals surface area contributed by atoms with E-state index in [1.807, 2.05) is 0 Å². The first-order valence-corrected chi connectivity index (χ1v) is 10.5. The molecule has 3 rings (SSSR count). The van der Waals surface area contributed by atoms with Crippen molar-refractivity contribution in [1.29, 1.82) is 0 Å². The van der Waals surface area contributed by atoms with Gasteiger partial charge in [-0.3, -0.25) is 0 Å². The second kappa shape index (κ2) is 9.59. The van der Waals surface area contributed by atoms with E-state index in [9.17, 15) is 9.90 Å². The van der Waals surface area contributed by atoms with Crippen LogP contribution >= 0.6 is 0 Å². The van der Waals surface area contributed by atoms with Crippen molar-refractivity contribution in [3.05, 3.63) is 35.9 Å². The summed E-state index contributed by atoms with van der Waals surface area (Å²) in [6.07, 6.45) is 0. The monoisotopic (exact) mass is 470 g/mol. The molecule has 0 amide bonds. The summed E-state index contributed by atoms with van der Waals surface area (Å²) in [6, 6.07) is 8.35. The molecule has 0 radical (unpaired) electrons. The minimum Gasteiger partial charge on any atom is -0.507 e. The van der Waals surface area contributed by atoms with Crippen LogP contribution in [-0.2, 0) is 4.74 Å². The third kappa shape index (κ3) is 4.48. The Morgan fingerprint density at radius 2 is 1.38 bits per heavy atom. The molecule has 8 nitrogen and oxygen atoms in total. The number of aromatic hydroxyl groups is 1. The van der Waals surface area contributed by atoms with Crippen LogP contribution in [-0.4, -0.2) is 52.2 Å². The molecule has 1 N–H and O–H groups in total. The zero-order valence-electron chi connectivity index (χ0n) is 20.7. The quantitative estimate of drug-likeness (QED) is 0.471. The average Bonchev–Trinajstić information content (AvgIpc) is 2.80. The Hall–Kier alpha value is -3.81. The third-order valence-electron chi connectivity index (χ3n) is 5.20. The first kappa shape index (κ1) is 24.8. The van der Waals surface area contributed by atoms with Crippen molar-refractivity contribution in [2.24, 2.45) is 0 Å². The minimum atomic E-state index is -0.744. The number of benzene rings is 3. The molecule has 0 aliphatic carbocycles. The fraction of sp³-hybridized carbons (Fsp3) is 0.346. The van der Waals surface area contributed by atoms with Crippen molar-refractivity contribution in [3.63, 3.8) is 0 Å². The van der Waals surface area contributed by atoms with Crippen LogP contribution in [0.4, 0.5) is 0 Å². The van der Waals surface area contributed by atoms with E-state index in [1.54, 1.807) is 52.1 Å². The van der Waals surface area contributed by atoms with E-state index in [-0.39, 0.29) is 17.1 Å². The van der Waals surface area contributed by atoms with Crippen LogP contribution in [0.5, 0.6) is 34.5 Å². The van der Waals surface area contributed by atoms with E-state index in [0.29, 0.717) is 44.9 Å². The van der Waals surface area contributed by atoms with Crippen molar-refractivity contribution in [2.45, 2.75) is 26.4 Å². The van der Waals surface area contributed by atoms with Gasteiger partial charge < -0.3 is 33.5 Å². The molecule has 34 heavy (non-hydrogen) atoms. The highest BCUT2D eigenvalue weighted by molar-refractivity contribution is 6.13. The van der Waals surface area contributed by atoms with Crippen LogP contribution in [0, 0.1) is 0 Å². The predicted molar refractivity (Wildman–Crippen MR) is 129 cm³/mol. The Balaban J connectivity index is 2.51. The summed E-state index contributed by atoms with van der Waals surface area (Å²) < 4.78 is 33.1. The lowest BCUT2D eigenvalue weighted by molar-refractivity contribution is 0.00701. The first-order valence-electron chi connectivity index (χ1n) is 10.5. The number of ether oxygens (including phenoxy) is 6. The topological polar surface area (TPSA) is 92.7 Å². The number of methoxy groups -OCH3 is 5. The standard InChI is InChI=1S/C26H30O8/c1-26(2,3)34-25(28)16-12-17(27)22-15(13-20(31-6)23(32-7)24(22)33-8)21(16)14-9-10-18(29-4)19(11-14)30-5/h9-13,27H,1-8H3. The summed E-state index contributed by atoms with van der Waals surface area (Å²) >= 11 is 0. The summed E-state index contributed by atoms with van der Waals surface area (Å²) in [5, 5.41) is 11.9. The fourth-order valence-corrected chi connectivity index (χ4v) is 3.83. The lowest BCUT2D eigenvalue weighted by Gasteiger charge is -2.23. The Morgan fingerprint density at radius 3 is 1.91 bits per heavy atom. The number of esters is 1. The molecule has 0 aliphatic rings. The summed E-state index contributed by atoms with van der Waals surface area (Å²) in [7, 11) is 7.52. The lowest BCUT2D eigenvalue weighted by atomic mass is 9.91. The number of carbonyl (C=O) groups is 1. The van der Waals surface area contributed by atoms with Crippen LogP contribution in [0.1, 0.15) is 31.1 Å². The van der Waals surface area contributed by atoms with Gasteiger partial charge in [-0.15, -0.1) is 0 Å². The van der Waals surface area contributed by atoms with Crippen molar-refractivity contribution in [3.8, 4) is 45.6 Å². The molecule has 0 unspecified atom stereocenters. The molecule has 182 valence electrons. The third-order valence-corrected chi connectivity index (χ3v) is 5.20. The van der Waals surface area contributed by atoms with Crippen LogP contribution < -0.4 is 23.7 Å². The van der Waals surface area contributed by atoms with Crippen LogP contribution in [0.15, 0.2) is 30.3 Å². The first-order chi connectivity index (χ1) is 16.1. The summed E-state index contributed by atoms with van der Waals surface area (Å²) in [6.45, 7) is 5.33. The van der Waals surface area contributed by atoms with Gasteiger partial charge in [0.05, 0.1) is 46.5 Å². The molecule has 0 aliphatic heterocycles. The number of hydrogen-bond acceptors (Lipinski definition) is 8. The highest BCUT2D eigenvalue weighted by Crippen LogP contribution is 2.50. The van der Waals surface area contributed by atoms with E-state index in [2.05, 4.69) is 0 Å². The normalized spacial score (nSPS) is 11.2. The maximum absolute atomic E-state index is 13.3. The van der Waals surface area contributed by atoms with E-state index in [0.717, 1.165) is 0 Å². The van der Waals surface area contributed by atoms with Gasteiger partial charge in [-0.2, -0.15) is 0 Å². The van der Waals surface area contributed by atoms with E-state index < -0.39 is 11.6 Å². The molecule has 8 heteroatoms. The maximum Gasteiger partial charge on any atom is 0.339 e. The van der Waals surface area contributed by atoms with Gasteiger partial charge in [-0.1, -0.05) is 6.07 Å². The van der Waals surface area contributed by atoms with Crippen molar-refractivity contribution in [2.75, 3.05) is 35.5 Å². The molecular formula is C26H30O8. The SMILES string of the molecule is COc1ccc(-c2c(C(=O)OC(C)(C)C)cc(O)c3c(OC)c(OC)c(OC)cc23)cc1OC. The van der Waals surface area contributed by atoms with Crippen molar-refractivity contribution in [1.82, 2.24) is 0 Å². The number of phenols is 1. The van der Waals surface area contributed by atoms with Gasteiger partial charge in [0.1, 0.15) is 11.4 Å². The average molecular weight is 471 g/mol. The second-order valence-corrected chi connectivity index (χ2v) is 8.46. The smallest absolute Gasteiger partial charge is 0.339 e. The Bertz CT molecular complexity index is 1220. The van der Waals surface area contributed by atoms with Crippen LogP contribution in [0.2, 0.25) is 0 Å².